The van der Waals surface area contributed by atoms with E-state index >= 15 is 0 Å². The van der Waals surface area contributed by atoms with E-state index in [9.17, 15) is 4.79 Å². The van der Waals surface area contributed by atoms with Gasteiger partial charge >= 0.3 is 0 Å². The lowest BCUT2D eigenvalue weighted by atomic mass is 10.2. The molecule has 0 amide bonds. The molecule has 3 rings (SSSR count). The van der Waals surface area contributed by atoms with Crippen LogP contribution in [-0.2, 0) is 6.54 Å². The molecule has 2 aromatic heterocycles. The van der Waals surface area contributed by atoms with Gasteiger partial charge in [0, 0.05) is 11.6 Å². The molecule has 0 saturated heterocycles. The van der Waals surface area contributed by atoms with Gasteiger partial charge in [0.25, 0.3) is 0 Å². The van der Waals surface area contributed by atoms with Gasteiger partial charge in [-0.25, -0.2) is 10.8 Å². The summed E-state index contributed by atoms with van der Waals surface area (Å²) in [5, 5.41) is 4.85. The molecular weight excluding hydrogens is 254 g/mol. The van der Waals surface area contributed by atoms with E-state index in [-0.39, 0.29) is 5.43 Å². The van der Waals surface area contributed by atoms with Crippen LogP contribution in [0.1, 0.15) is 5.56 Å². The van der Waals surface area contributed by atoms with E-state index in [1.54, 1.807) is 16.9 Å². The Morgan fingerprint density at radius 2 is 2.10 bits per heavy atom. The number of rotatable bonds is 3. The number of hydrogen-bond donors (Lipinski definition) is 2. The first-order chi connectivity index (χ1) is 9.78. The van der Waals surface area contributed by atoms with E-state index in [0.717, 1.165) is 11.1 Å². The van der Waals surface area contributed by atoms with Crippen molar-refractivity contribution in [3.63, 3.8) is 0 Å². The molecular formula is C14H13N5O. The molecule has 0 aliphatic heterocycles. The Labute approximate surface area is 114 Å². The first-order valence-corrected chi connectivity index (χ1v) is 6.14. The fraction of sp³-hybridized carbons (Fsp3) is 0.0714. The van der Waals surface area contributed by atoms with Gasteiger partial charge in [0.05, 0.1) is 18.3 Å². The number of nitrogens with two attached hydrogens (primary N) is 1. The first-order valence-electron chi connectivity index (χ1n) is 6.14. The number of para-hydroxylation sites is 1. The molecule has 0 saturated carbocycles. The molecule has 3 aromatic rings. The number of hydrazine groups is 1. The van der Waals surface area contributed by atoms with Crippen LogP contribution >= 0.6 is 0 Å². The molecule has 0 unspecified atom stereocenters. The summed E-state index contributed by atoms with van der Waals surface area (Å²) in [6.07, 6.45) is 3.01. The third-order valence-corrected chi connectivity index (χ3v) is 3.07. The maximum absolute atomic E-state index is 11.8. The molecule has 2 heterocycles. The lowest BCUT2D eigenvalue weighted by molar-refractivity contribution is 0.694. The topological polar surface area (TPSA) is 85.8 Å². The highest BCUT2D eigenvalue weighted by atomic mass is 16.1. The molecule has 6 heteroatoms. The monoisotopic (exact) mass is 267 g/mol. The molecule has 0 atom stereocenters. The number of aromatic nitrogens is 3. The minimum absolute atomic E-state index is 0.0732. The van der Waals surface area contributed by atoms with Gasteiger partial charge in [0.15, 0.2) is 0 Å². The summed E-state index contributed by atoms with van der Waals surface area (Å²) in [5.41, 5.74) is 4.23. The molecule has 100 valence electrons. The predicted molar refractivity (Wildman–Crippen MR) is 77.2 cm³/mol. The number of anilines is 1. The van der Waals surface area contributed by atoms with Crippen molar-refractivity contribution in [2.24, 2.45) is 5.84 Å². The highest BCUT2D eigenvalue weighted by Crippen LogP contribution is 2.12. The maximum atomic E-state index is 11.8. The van der Waals surface area contributed by atoms with Gasteiger partial charge in [-0.05, 0) is 29.8 Å². The summed E-state index contributed by atoms with van der Waals surface area (Å²) in [6.45, 7) is 0.540. The summed E-state index contributed by atoms with van der Waals surface area (Å²) in [5.74, 6) is 5.94. The summed E-state index contributed by atoms with van der Waals surface area (Å²) in [7, 11) is 0. The Kier molecular flexibility index (Phi) is 3.14. The van der Waals surface area contributed by atoms with Crippen molar-refractivity contribution >= 4 is 16.7 Å². The molecule has 0 aliphatic carbocycles. The van der Waals surface area contributed by atoms with Crippen molar-refractivity contribution in [3.05, 3.63) is 64.6 Å². The molecule has 0 radical (unpaired) electrons. The molecule has 0 bridgehead atoms. The van der Waals surface area contributed by atoms with Crippen LogP contribution < -0.4 is 16.7 Å². The van der Waals surface area contributed by atoms with E-state index in [2.05, 4.69) is 15.5 Å². The summed E-state index contributed by atoms with van der Waals surface area (Å²) < 4.78 is 1.78. The van der Waals surface area contributed by atoms with Crippen molar-refractivity contribution in [3.8, 4) is 0 Å². The maximum Gasteiger partial charge on any atom is 0.207 e. The van der Waals surface area contributed by atoms with E-state index in [1.165, 1.54) is 6.20 Å². The van der Waals surface area contributed by atoms with Crippen molar-refractivity contribution in [1.29, 1.82) is 0 Å². The number of pyridine rings is 1. The fourth-order valence-electron chi connectivity index (χ4n) is 2.11. The average Bonchev–Trinajstić information content (AvgIpc) is 2.51. The SMILES string of the molecule is NNc1cc(Cn2ncc(=O)c3ccccc32)ccn1. The second-order valence-corrected chi connectivity index (χ2v) is 4.38. The molecule has 1 aromatic carbocycles. The third kappa shape index (κ3) is 2.24. The van der Waals surface area contributed by atoms with Crippen molar-refractivity contribution < 1.29 is 0 Å². The number of nitrogen functional groups attached to an aromatic ring is 1. The number of nitrogens with zero attached hydrogens (tertiary/aromatic N) is 3. The second-order valence-electron chi connectivity index (χ2n) is 4.38. The van der Waals surface area contributed by atoms with E-state index in [4.69, 9.17) is 5.84 Å². The average molecular weight is 267 g/mol. The van der Waals surface area contributed by atoms with Gasteiger partial charge in [-0.3, -0.25) is 9.48 Å². The van der Waals surface area contributed by atoms with E-state index in [0.29, 0.717) is 17.7 Å². The molecule has 20 heavy (non-hydrogen) atoms. The molecule has 0 spiro atoms. The minimum Gasteiger partial charge on any atom is -0.308 e. The summed E-state index contributed by atoms with van der Waals surface area (Å²) in [6, 6.07) is 11.1. The lowest BCUT2D eigenvalue weighted by Crippen LogP contribution is -2.13. The van der Waals surface area contributed by atoms with Crippen LogP contribution in [-0.4, -0.2) is 14.8 Å². The Hall–Kier alpha value is -2.73. The zero-order valence-corrected chi connectivity index (χ0v) is 10.7. The minimum atomic E-state index is -0.0732. The lowest BCUT2D eigenvalue weighted by Gasteiger charge is -2.09. The van der Waals surface area contributed by atoms with Crippen molar-refractivity contribution in [2.75, 3.05) is 5.43 Å². The van der Waals surface area contributed by atoms with E-state index < -0.39 is 0 Å². The van der Waals surface area contributed by atoms with Gasteiger partial charge in [-0.1, -0.05) is 12.1 Å². The Bertz CT molecular complexity index is 812. The quantitative estimate of drug-likeness (QED) is 0.548. The predicted octanol–water partition coefficient (Wildman–Crippen LogP) is 1.13. The van der Waals surface area contributed by atoms with Crippen molar-refractivity contribution in [1.82, 2.24) is 14.8 Å². The van der Waals surface area contributed by atoms with Crippen LogP contribution in [0.2, 0.25) is 0 Å². The Morgan fingerprint density at radius 1 is 1.25 bits per heavy atom. The van der Waals surface area contributed by atoms with Crippen LogP contribution in [0, 0.1) is 0 Å². The molecule has 0 aliphatic rings. The van der Waals surface area contributed by atoms with Crippen LogP contribution in [0.15, 0.2) is 53.6 Å². The summed E-state index contributed by atoms with van der Waals surface area (Å²) >= 11 is 0. The van der Waals surface area contributed by atoms with E-state index in [1.807, 2.05) is 30.3 Å². The fourth-order valence-corrected chi connectivity index (χ4v) is 2.11. The van der Waals surface area contributed by atoms with Gasteiger partial charge in [0.1, 0.15) is 5.82 Å². The van der Waals surface area contributed by atoms with Gasteiger partial charge < -0.3 is 5.43 Å². The highest BCUT2D eigenvalue weighted by molar-refractivity contribution is 5.77. The number of hydrogen-bond acceptors (Lipinski definition) is 5. The van der Waals surface area contributed by atoms with Crippen LogP contribution in [0.5, 0.6) is 0 Å². The molecule has 6 nitrogen and oxygen atoms in total. The third-order valence-electron chi connectivity index (χ3n) is 3.07. The van der Waals surface area contributed by atoms with Crippen LogP contribution in [0.4, 0.5) is 5.82 Å². The van der Waals surface area contributed by atoms with Gasteiger partial charge in [-0.2, -0.15) is 5.10 Å². The largest absolute Gasteiger partial charge is 0.308 e. The van der Waals surface area contributed by atoms with Gasteiger partial charge in [0.2, 0.25) is 5.43 Å². The Balaban J connectivity index is 2.07. The number of benzene rings is 1. The summed E-state index contributed by atoms with van der Waals surface area (Å²) in [4.78, 5) is 15.8. The van der Waals surface area contributed by atoms with Crippen LogP contribution in [0.25, 0.3) is 10.9 Å². The highest BCUT2D eigenvalue weighted by Gasteiger charge is 2.04. The molecule has 3 N–H and O–H groups in total. The first kappa shape index (κ1) is 12.3. The standard InChI is InChI=1S/C14H13N5O/c15-18-14-7-10(5-6-16-14)9-19-12-4-2-1-3-11(12)13(20)8-17-19/h1-8H,9,15H2,(H,16,18). The van der Waals surface area contributed by atoms with Gasteiger partial charge in [-0.15, -0.1) is 0 Å². The smallest absolute Gasteiger partial charge is 0.207 e. The zero-order valence-electron chi connectivity index (χ0n) is 10.7. The van der Waals surface area contributed by atoms with Crippen molar-refractivity contribution in [2.45, 2.75) is 6.54 Å². The second kappa shape index (κ2) is 5.10. The Morgan fingerprint density at radius 3 is 2.95 bits per heavy atom. The van der Waals surface area contributed by atoms with Crippen LogP contribution in [0.3, 0.4) is 0 Å². The number of fused-ring (bicyclic) bond motifs is 1. The zero-order chi connectivity index (χ0) is 13.9. The normalized spacial score (nSPS) is 10.7. The molecule has 0 fully saturated rings. The number of nitrogens with one attached hydrogen (secondary N) is 1.